The smallest absolute Gasteiger partial charge is 0.148 e. The summed E-state index contributed by atoms with van der Waals surface area (Å²) in [6.45, 7) is 5.62. The molecule has 0 fully saturated rings. The van der Waals surface area contributed by atoms with E-state index in [4.69, 9.17) is 0 Å². The van der Waals surface area contributed by atoms with Crippen LogP contribution in [0.1, 0.15) is 18.3 Å². The number of halogens is 1. The molecule has 0 radical (unpaired) electrons. The van der Waals surface area contributed by atoms with Gasteiger partial charge >= 0.3 is 0 Å². The molecule has 2 aromatic heterocycles. The molecule has 0 spiro atoms. The fraction of sp³-hybridized carbons (Fsp3) is 0.444. The standard InChI is InChI=1S/C9H12IN5/c1-3-15-8(11-6-12-15)5-14-4-7(2)9(10)13-14/h4,6H,3,5H2,1-2H3. The highest BCUT2D eigenvalue weighted by Gasteiger charge is 2.06. The van der Waals surface area contributed by atoms with Gasteiger partial charge < -0.3 is 0 Å². The molecule has 0 aliphatic heterocycles. The normalized spacial score (nSPS) is 10.9. The minimum absolute atomic E-state index is 0.678. The zero-order chi connectivity index (χ0) is 10.8. The van der Waals surface area contributed by atoms with Crippen LogP contribution in [0.15, 0.2) is 12.5 Å². The van der Waals surface area contributed by atoms with Crippen LogP contribution in [-0.4, -0.2) is 24.5 Å². The molecule has 80 valence electrons. The first kappa shape index (κ1) is 10.6. The van der Waals surface area contributed by atoms with Gasteiger partial charge in [0.25, 0.3) is 0 Å². The molecular weight excluding hydrogens is 305 g/mol. The minimum atomic E-state index is 0.678. The van der Waals surface area contributed by atoms with Crippen molar-refractivity contribution in [2.75, 3.05) is 0 Å². The number of nitrogens with zero attached hydrogens (tertiary/aromatic N) is 5. The molecule has 2 heterocycles. The van der Waals surface area contributed by atoms with Crippen LogP contribution in [0.3, 0.4) is 0 Å². The second kappa shape index (κ2) is 4.30. The SMILES string of the molecule is CCn1ncnc1Cn1cc(C)c(I)n1. The average molecular weight is 317 g/mol. The number of aromatic nitrogens is 5. The zero-order valence-electron chi connectivity index (χ0n) is 8.68. The second-order valence-electron chi connectivity index (χ2n) is 3.29. The molecule has 0 unspecified atom stereocenters. The summed E-state index contributed by atoms with van der Waals surface area (Å²) in [5.74, 6) is 0.941. The highest BCUT2D eigenvalue weighted by molar-refractivity contribution is 14.1. The fourth-order valence-corrected chi connectivity index (χ4v) is 1.81. The van der Waals surface area contributed by atoms with E-state index in [2.05, 4.69) is 51.6 Å². The van der Waals surface area contributed by atoms with Crippen molar-refractivity contribution in [3.05, 3.63) is 27.6 Å². The molecular formula is C9H12IN5. The third kappa shape index (κ3) is 2.19. The maximum Gasteiger partial charge on any atom is 0.148 e. The Morgan fingerprint density at radius 1 is 1.47 bits per heavy atom. The summed E-state index contributed by atoms with van der Waals surface area (Å²) in [4.78, 5) is 4.21. The number of hydrogen-bond donors (Lipinski definition) is 0. The molecule has 15 heavy (non-hydrogen) atoms. The Hall–Kier alpha value is -0.920. The van der Waals surface area contributed by atoms with E-state index in [0.717, 1.165) is 16.1 Å². The predicted molar refractivity (Wildman–Crippen MR) is 64.5 cm³/mol. The monoisotopic (exact) mass is 317 g/mol. The molecule has 0 saturated heterocycles. The Balaban J connectivity index is 2.21. The van der Waals surface area contributed by atoms with E-state index in [1.54, 1.807) is 6.33 Å². The number of hydrogen-bond acceptors (Lipinski definition) is 3. The third-order valence-electron chi connectivity index (χ3n) is 2.18. The maximum atomic E-state index is 4.38. The van der Waals surface area contributed by atoms with Crippen molar-refractivity contribution in [3.63, 3.8) is 0 Å². The molecule has 0 N–H and O–H groups in total. The van der Waals surface area contributed by atoms with Gasteiger partial charge in [0, 0.05) is 18.3 Å². The van der Waals surface area contributed by atoms with Crippen LogP contribution in [0.2, 0.25) is 0 Å². The van der Waals surface area contributed by atoms with Gasteiger partial charge in [0.15, 0.2) is 0 Å². The molecule has 0 atom stereocenters. The van der Waals surface area contributed by atoms with Crippen molar-refractivity contribution >= 4 is 22.6 Å². The quantitative estimate of drug-likeness (QED) is 0.805. The Labute approximate surface area is 102 Å². The first-order chi connectivity index (χ1) is 7.20. The summed E-state index contributed by atoms with van der Waals surface area (Å²) in [5, 5.41) is 8.51. The van der Waals surface area contributed by atoms with Crippen LogP contribution >= 0.6 is 22.6 Å². The van der Waals surface area contributed by atoms with Crippen molar-refractivity contribution in [2.45, 2.75) is 26.9 Å². The van der Waals surface area contributed by atoms with Crippen molar-refractivity contribution in [2.24, 2.45) is 0 Å². The summed E-state index contributed by atoms with van der Waals surface area (Å²) in [6.07, 6.45) is 3.61. The summed E-state index contributed by atoms with van der Waals surface area (Å²) in [5.41, 5.74) is 1.19. The van der Waals surface area contributed by atoms with E-state index in [9.17, 15) is 0 Å². The Bertz CT molecular complexity index is 439. The largest absolute Gasteiger partial charge is 0.264 e. The summed E-state index contributed by atoms with van der Waals surface area (Å²) >= 11 is 2.23. The summed E-state index contributed by atoms with van der Waals surface area (Å²) in [6, 6.07) is 0. The van der Waals surface area contributed by atoms with Crippen LogP contribution in [0.5, 0.6) is 0 Å². The highest BCUT2D eigenvalue weighted by Crippen LogP contribution is 2.08. The fourth-order valence-electron chi connectivity index (χ4n) is 1.40. The van der Waals surface area contributed by atoms with E-state index >= 15 is 0 Å². The predicted octanol–water partition coefficient (Wildman–Crippen LogP) is 1.46. The molecule has 0 aromatic carbocycles. The van der Waals surface area contributed by atoms with Crippen molar-refractivity contribution in [1.82, 2.24) is 24.5 Å². The number of aryl methyl sites for hydroxylation is 2. The van der Waals surface area contributed by atoms with E-state index in [0.29, 0.717) is 6.54 Å². The van der Waals surface area contributed by atoms with Crippen LogP contribution < -0.4 is 0 Å². The molecule has 0 bridgehead atoms. The van der Waals surface area contributed by atoms with E-state index in [-0.39, 0.29) is 0 Å². The summed E-state index contributed by atoms with van der Waals surface area (Å²) < 4.78 is 4.81. The lowest BCUT2D eigenvalue weighted by Crippen LogP contribution is -2.09. The van der Waals surface area contributed by atoms with Gasteiger partial charge in [0.05, 0.1) is 0 Å². The van der Waals surface area contributed by atoms with Crippen molar-refractivity contribution in [3.8, 4) is 0 Å². The van der Waals surface area contributed by atoms with Gasteiger partial charge in [-0.3, -0.25) is 4.68 Å². The lowest BCUT2D eigenvalue weighted by Gasteiger charge is -2.02. The molecule has 0 saturated carbocycles. The first-order valence-corrected chi connectivity index (χ1v) is 5.84. The van der Waals surface area contributed by atoms with Gasteiger partial charge in [-0.05, 0) is 36.4 Å². The Morgan fingerprint density at radius 2 is 2.27 bits per heavy atom. The first-order valence-electron chi connectivity index (χ1n) is 4.77. The van der Waals surface area contributed by atoms with Crippen molar-refractivity contribution in [1.29, 1.82) is 0 Å². The van der Waals surface area contributed by atoms with Gasteiger partial charge in [-0.25, -0.2) is 9.67 Å². The highest BCUT2D eigenvalue weighted by atomic mass is 127. The Kier molecular flexibility index (Phi) is 3.03. The lowest BCUT2D eigenvalue weighted by atomic mass is 10.4. The van der Waals surface area contributed by atoms with Gasteiger partial charge in [0.2, 0.25) is 0 Å². The van der Waals surface area contributed by atoms with Crippen LogP contribution in [0, 0.1) is 10.6 Å². The maximum absolute atomic E-state index is 4.38. The van der Waals surface area contributed by atoms with Gasteiger partial charge in [-0.2, -0.15) is 10.2 Å². The molecule has 0 aliphatic rings. The minimum Gasteiger partial charge on any atom is -0.264 e. The molecule has 6 heteroatoms. The molecule has 0 aliphatic carbocycles. The lowest BCUT2D eigenvalue weighted by molar-refractivity contribution is 0.566. The van der Waals surface area contributed by atoms with Gasteiger partial charge in [-0.15, -0.1) is 0 Å². The van der Waals surface area contributed by atoms with E-state index < -0.39 is 0 Å². The molecule has 5 nitrogen and oxygen atoms in total. The van der Waals surface area contributed by atoms with Crippen LogP contribution in [0.25, 0.3) is 0 Å². The molecule has 2 aromatic rings. The number of rotatable bonds is 3. The topological polar surface area (TPSA) is 48.5 Å². The van der Waals surface area contributed by atoms with Crippen molar-refractivity contribution < 1.29 is 0 Å². The Morgan fingerprint density at radius 3 is 2.87 bits per heavy atom. The zero-order valence-corrected chi connectivity index (χ0v) is 10.8. The van der Waals surface area contributed by atoms with Crippen LogP contribution in [0.4, 0.5) is 0 Å². The summed E-state index contributed by atoms with van der Waals surface area (Å²) in [7, 11) is 0. The average Bonchev–Trinajstić information content (AvgIpc) is 2.75. The second-order valence-corrected chi connectivity index (χ2v) is 4.31. The van der Waals surface area contributed by atoms with Crippen LogP contribution in [-0.2, 0) is 13.1 Å². The van der Waals surface area contributed by atoms with E-state index in [1.165, 1.54) is 5.56 Å². The van der Waals surface area contributed by atoms with E-state index in [1.807, 2.05) is 15.6 Å². The molecule has 2 rings (SSSR count). The molecule has 0 amide bonds. The third-order valence-corrected chi connectivity index (χ3v) is 3.25. The van der Waals surface area contributed by atoms with Gasteiger partial charge in [-0.1, -0.05) is 0 Å². The van der Waals surface area contributed by atoms with Gasteiger partial charge in [0.1, 0.15) is 22.4 Å².